The second-order valence-corrected chi connectivity index (χ2v) is 5.92. The summed E-state index contributed by atoms with van der Waals surface area (Å²) in [5, 5.41) is 9.01. The molecule has 0 aliphatic carbocycles. The summed E-state index contributed by atoms with van der Waals surface area (Å²) in [6, 6.07) is 4.61. The van der Waals surface area contributed by atoms with Crippen molar-refractivity contribution in [1.29, 1.82) is 0 Å². The number of carboxylic acid groups (broad SMARTS) is 1. The first-order valence-corrected chi connectivity index (χ1v) is 7.10. The number of nitrogens with zero attached hydrogens (tertiary/aromatic N) is 1. The molecule has 1 aromatic carbocycles. The molecule has 1 aromatic rings. The van der Waals surface area contributed by atoms with Gasteiger partial charge in [-0.2, -0.15) is 0 Å². The number of hydrogen-bond donors (Lipinski definition) is 1. The predicted molar refractivity (Wildman–Crippen MR) is 75.4 cm³/mol. The van der Waals surface area contributed by atoms with Gasteiger partial charge in [0.2, 0.25) is 0 Å². The number of rotatable bonds is 2. The number of hydrogen-bond acceptors (Lipinski definition) is 2. The molecule has 0 saturated carbocycles. The number of carbonyl (C=O) groups is 2. The standard InChI is InChI=1S/C14H16BrNO3/c1-9-2-4-16(5-3-9)13(17)10-6-11(14(18)19)8-12(15)7-10/h6-9H,2-5H2,1H3,(H,18,19). The topological polar surface area (TPSA) is 57.6 Å². The molecule has 1 saturated heterocycles. The number of halogens is 1. The summed E-state index contributed by atoms with van der Waals surface area (Å²) >= 11 is 3.25. The predicted octanol–water partition coefficient (Wildman–Crippen LogP) is 3.02. The van der Waals surface area contributed by atoms with E-state index in [1.807, 2.05) is 0 Å². The Kier molecular flexibility index (Phi) is 4.24. The molecule has 0 spiro atoms. The van der Waals surface area contributed by atoms with E-state index in [4.69, 9.17) is 5.11 Å². The second kappa shape index (κ2) is 5.74. The fourth-order valence-corrected chi connectivity index (χ4v) is 2.72. The lowest BCUT2D eigenvalue weighted by Gasteiger charge is -2.30. The molecule has 0 atom stereocenters. The van der Waals surface area contributed by atoms with E-state index in [1.165, 1.54) is 12.1 Å². The normalized spacial score (nSPS) is 16.4. The van der Waals surface area contributed by atoms with Gasteiger partial charge in [-0.05, 0) is 37.0 Å². The van der Waals surface area contributed by atoms with Gasteiger partial charge in [-0.15, -0.1) is 0 Å². The minimum absolute atomic E-state index is 0.0873. The molecular formula is C14H16BrNO3. The van der Waals surface area contributed by atoms with Crippen molar-refractivity contribution in [3.05, 3.63) is 33.8 Å². The highest BCUT2D eigenvalue weighted by Crippen LogP contribution is 2.21. The van der Waals surface area contributed by atoms with E-state index in [9.17, 15) is 9.59 Å². The maximum Gasteiger partial charge on any atom is 0.335 e. The van der Waals surface area contributed by atoms with Crippen LogP contribution in [-0.4, -0.2) is 35.0 Å². The summed E-state index contributed by atoms with van der Waals surface area (Å²) in [7, 11) is 0. The van der Waals surface area contributed by atoms with Gasteiger partial charge in [-0.1, -0.05) is 22.9 Å². The van der Waals surface area contributed by atoms with E-state index in [0.29, 0.717) is 16.0 Å². The molecule has 5 heteroatoms. The number of carboxylic acids is 1. The Morgan fingerprint density at radius 2 is 1.79 bits per heavy atom. The molecule has 0 unspecified atom stereocenters. The smallest absolute Gasteiger partial charge is 0.335 e. The zero-order valence-corrected chi connectivity index (χ0v) is 12.3. The third-order valence-corrected chi connectivity index (χ3v) is 3.92. The van der Waals surface area contributed by atoms with Gasteiger partial charge in [0.1, 0.15) is 0 Å². The summed E-state index contributed by atoms with van der Waals surface area (Å²) in [5.41, 5.74) is 0.560. The molecule has 1 fully saturated rings. The van der Waals surface area contributed by atoms with Crippen LogP contribution in [0, 0.1) is 5.92 Å². The zero-order valence-electron chi connectivity index (χ0n) is 10.7. The molecule has 2 rings (SSSR count). The van der Waals surface area contributed by atoms with Crippen LogP contribution in [0.5, 0.6) is 0 Å². The van der Waals surface area contributed by atoms with Crippen LogP contribution >= 0.6 is 15.9 Å². The quantitative estimate of drug-likeness (QED) is 0.909. The highest BCUT2D eigenvalue weighted by molar-refractivity contribution is 9.10. The summed E-state index contributed by atoms with van der Waals surface area (Å²) < 4.78 is 0.612. The number of carbonyl (C=O) groups excluding carboxylic acids is 1. The molecule has 1 heterocycles. The monoisotopic (exact) mass is 325 g/mol. The Balaban J connectivity index is 2.21. The third-order valence-electron chi connectivity index (χ3n) is 3.46. The number of piperidine rings is 1. The van der Waals surface area contributed by atoms with Crippen molar-refractivity contribution in [2.24, 2.45) is 5.92 Å². The molecule has 0 bridgehead atoms. The highest BCUT2D eigenvalue weighted by Gasteiger charge is 2.22. The number of benzene rings is 1. The summed E-state index contributed by atoms with van der Waals surface area (Å²) in [6.45, 7) is 3.67. The van der Waals surface area contributed by atoms with E-state index in [2.05, 4.69) is 22.9 Å². The first kappa shape index (κ1) is 14.1. The maximum absolute atomic E-state index is 12.3. The van der Waals surface area contributed by atoms with E-state index in [1.54, 1.807) is 11.0 Å². The molecule has 1 N–H and O–H groups in total. The Morgan fingerprint density at radius 1 is 1.21 bits per heavy atom. The van der Waals surface area contributed by atoms with Gasteiger partial charge in [0.25, 0.3) is 5.91 Å². The van der Waals surface area contributed by atoms with Crippen molar-refractivity contribution >= 4 is 27.8 Å². The lowest BCUT2D eigenvalue weighted by Crippen LogP contribution is -2.38. The van der Waals surface area contributed by atoms with Crippen LogP contribution < -0.4 is 0 Å². The molecule has 0 aromatic heterocycles. The van der Waals surface area contributed by atoms with Gasteiger partial charge in [-0.25, -0.2) is 4.79 Å². The van der Waals surface area contributed by atoms with Crippen LogP contribution in [0.2, 0.25) is 0 Å². The van der Waals surface area contributed by atoms with Crippen LogP contribution in [0.15, 0.2) is 22.7 Å². The number of likely N-dealkylation sites (tertiary alicyclic amines) is 1. The van der Waals surface area contributed by atoms with Gasteiger partial charge in [-0.3, -0.25) is 4.79 Å². The Bertz CT molecular complexity index is 507. The summed E-state index contributed by atoms with van der Waals surface area (Å²) in [6.07, 6.45) is 2.01. The van der Waals surface area contributed by atoms with Crippen molar-refractivity contribution in [2.45, 2.75) is 19.8 Å². The first-order chi connectivity index (χ1) is 8.97. The van der Waals surface area contributed by atoms with Crippen LogP contribution in [0.25, 0.3) is 0 Å². The van der Waals surface area contributed by atoms with Gasteiger partial charge < -0.3 is 10.0 Å². The molecule has 19 heavy (non-hydrogen) atoms. The van der Waals surface area contributed by atoms with Crippen molar-refractivity contribution in [1.82, 2.24) is 4.90 Å². The van der Waals surface area contributed by atoms with Gasteiger partial charge in [0.15, 0.2) is 0 Å². The third kappa shape index (κ3) is 3.35. The molecule has 0 radical (unpaired) electrons. The van der Waals surface area contributed by atoms with Gasteiger partial charge in [0, 0.05) is 23.1 Å². The lowest BCUT2D eigenvalue weighted by molar-refractivity contribution is 0.0696. The molecule has 1 aliphatic rings. The van der Waals surface area contributed by atoms with Crippen molar-refractivity contribution < 1.29 is 14.7 Å². The Hall–Kier alpha value is -1.36. The van der Waals surface area contributed by atoms with E-state index < -0.39 is 5.97 Å². The van der Waals surface area contributed by atoms with E-state index in [-0.39, 0.29) is 11.5 Å². The Labute approximate surface area is 120 Å². The van der Waals surface area contributed by atoms with Crippen molar-refractivity contribution in [2.75, 3.05) is 13.1 Å². The van der Waals surface area contributed by atoms with Crippen molar-refractivity contribution in [3.8, 4) is 0 Å². The summed E-state index contributed by atoms with van der Waals surface area (Å²) in [4.78, 5) is 25.1. The largest absolute Gasteiger partial charge is 0.478 e. The van der Waals surface area contributed by atoms with Crippen LogP contribution in [-0.2, 0) is 0 Å². The van der Waals surface area contributed by atoms with Gasteiger partial charge >= 0.3 is 5.97 Å². The van der Waals surface area contributed by atoms with E-state index in [0.717, 1.165) is 25.9 Å². The Morgan fingerprint density at radius 3 is 2.37 bits per heavy atom. The van der Waals surface area contributed by atoms with Crippen LogP contribution in [0.1, 0.15) is 40.5 Å². The van der Waals surface area contributed by atoms with Crippen molar-refractivity contribution in [3.63, 3.8) is 0 Å². The summed E-state index contributed by atoms with van der Waals surface area (Å²) in [5.74, 6) is -0.459. The van der Waals surface area contributed by atoms with Gasteiger partial charge in [0.05, 0.1) is 5.56 Å². The fourth-order valence-electron chi connectivity index (χ4n) is 2.23. The van der Waals surface area contributed by atoms with Crippen LogP contribution in [0.4, 0.5) is 0 Å². The maximum atomic E-state index is 12.3. The average molecular weight is 326 g/mol. The highest BCUT2D eigenvalue weighted by atomic mass is 79.9. The SMILES string of the molecule is CC1CCN(C(=O)c2cc(Br)cc(C(=O)O)c2)CC1. The first-order valence-electron chi connectivity index (χ1n) is 6.30. The molecule has 1 aliphatic heterocycles. The zero-order chi connectivity index (χ0) is 14.0. The minimum Gasteiger partial charge on any atom is -0.478 e. The molecule has 4 nitrogen and oxygen atoms in total. The average Bonchev–Trinajstić information content (AvgIpc) is 2.38. The van der Waals surface area contributed by atoms with Crippen LogP contribution in [0.3, 0.4) is 0 Å². The van der Waals surface area contributed by atoms with E-state index >= 15 is 0 Å². The lowest BCUT2D eigenvalue weighted by atomic mass is 9.98. The molecule has 1 amide bonds. The number of aromatic carboxylic acids is 1. The minimum atomic E-state index is -1.03. The fraction of sp³-hybridized carbons (Fsp3) is 0.429. The second-order valence-electron chi connectivity index (χ2n) is 5.01. The molecule has 102 valence electrons. The molecular weight excluding hydrogens is 310 g/mol. The number of amides is 1.